The number of pyridine rings is 1. The first-order chi connectivity index (χ1) is 9.20. The molecule has 1 aromatic heterocycles. The zero-order valence-corrected chi connectivity index (χ0v) is 11.4. The number of amides is 1. The highest BCUT2D eigenvalue weighted by Crippen LogP contribution is 2.20. The van der Waals surface area contributed by atoms with Crippen LogP contribution in [0.1, 0.15) is 36.7 Å². The summed E-state index contributed by atoms with van der Waals surface area (Å²) in [6, 6.07) is 4.25. The summed E-state index contributed by atoms with van der Waals surface area (Å²) in [7, 11) is 0. The molecule has 1 aromatic rings. The molecule has 0 aromatic carbocycles. The first-order valence-corrected chi connectivity index (χ1v) is 6.95. The third-order valence-electron chi connectivity index (χ3n) is 3.47. The van der Waals surface area contributed by atoms with Crippen LogP contribution < -0.4 is 16.0 Å². The van der Waals surface area contributed by atoms with Gasteiger partial charge in [-0.2, -0.15) is 0 Å². The zero-order chi connectivity index (χ0) is 13.7. The molecule has 104 valence electrons. The molecule has 0 spiro atoms. The van der Waals surface area contributed by atoms with Crippen LogP contribution in [0, 0.1) is 0 Å². The zero-order valence-electron chi connectivity index (χ0n) is 11.4. The van der Waals surface area contributed by atoms with Crippen molar-refractivity contribution in [2.24, 2.45) is 5.73 Å². The standard InChI is InChI=1S/C14H22N4O/c1-2-6-16-11-4-3-8-18(10-11)12-5-7-17-13(9-12)14(15)19/h5,7,9,11,16H,2-4,6,8,10H2,1H3,(H2,15,19). The van der Waals surface area contributed by atoms with E-state index in [-0.39, 0.29) is 0 Å². The molecule has 5 nitrogen and oxygen atoms in total. The molecule has 2 rings (SSSR count). The summed E-state index contributed by atoms with van der Waals surface area (Å²) in [6.45, 7) is 5.23. The second kappa shape index (κ2) is 6.52. The van der Waals surface area contributed by atoms with E-state index in [1.807, 2.05) is 6.07 Å². The van der Waals surface area contributed by atoms with E-state index in [4.69, 9.17) is 5.73 Å². The van der Waals surface area contributed by atoms with Crippen LogP contribution in [0.3, 0.4) is 0 Å². The number of nitrogens with two attached hydrogens (primary N) is 1. The third kappa shape index (κ3) is 3.67. The van der Waals surface area contributed by atoms with Gasteiger partial charge in [0.1, 0.15) is 5.69 Å². The van der Waals surface area contributed by atoms with Gasteiger partial charge in [-0.25, -0.2) is 0 Å². The van der Waals surface area contributed by atoms with Gasteiger partial charge in [-0.05, 0) is 37.9 Å². The summed E-state index contributed by atoms with van der Waals surface area (Å²) in [5, 5.41) is 3.56. The summed E-state index contributed by atoms with van der Waals surface area (Å²) in [4.78, 5) is 17.5. The smallest absolute Gasteiger partial charge is 0.267 e. The second-order valence-corrected chi connectivity index (χ2v) is 5.00. The minimum absolute atomic E-state index is 0.334. The molecule has 1 unspecified atom stereocenters. The summed E-state index contributed by atoms with van der Waals surface area (Å²) >= 11 is 0. The van der Waals surface area contributed by atoms with E-state index < -0.39 is 5.91 Å². The molecule has 0 saturated carbocycles. The lowest BCUT2D eigenvalue weighted by Crippen LogP contribution is -2.46. The van der Waals surface area contributed by atoms with E-state index in [0.29, 0.717) is 11.7 Å². The van der Waals surface area contributed by atoms with Gasteiger partial charge in [0.05, 0.1) is 0 Å². The van der Waals surface area contributed by atoms with Crippen LogP contribution >= 0.6 is 0 Å². The van der Waals surface area contributed by atoms with Crippen LogP contribution in [-0.2, 0) is 0 Å². The Balaban J connectivity index is 2.04. The molecule has 0 radical (unpaired) electrons. The van der Waals surface area contributed by atoms with Gasteiger partial charge in [0, 0.05) is 31.0 Å². The molecular weight excluding hydrogens is 240 g/mol. The molecule has 1 fully saturated rings. The predicted octanol–water partition coefficient (Wildman–Crippen LogP) is 1.15. The Morgan fingerprint density at radius 2 is 2.47 bits per heavy atom. The number of aromatic nitrogens is 1. The SMILES string of the molecule is CCCNC1CCCN(c2ccnc(C(N)=O)c2)C1. The van der Waals surface area contributed by atoms with Crippen molar-refractivity contribution in [3.05, 3.63) is 24.0 Å². The summed E-state index contributed by atoms with van der Waals surface area (Å²) in [6.07, 6.45) is 5.18. The largest absolute Gasteiger partial charge is 0.370 e. The molecule has 1 aliphatic rings. The van der Waals surface area contributed by atoms with E-state index >= 15 is 0 Å². The number of hydrogen-bond donors (Lipinski definition) is 2. The highest BCUT2D eigenvalue weighted by Gasteiger charge is 2.20. The minimum Gasteiger partial charge on any atom is -0.370 e. The number of carbonyl (C=O) groups is 1. The lowest BCUT2D eigenvalue weighted by atomic mass is 10.0. The van der Waals surface area contributed by atoms with Gasteiger partial charge in [0.2, 0.25) is 0 Å². The predicted molar refractivity (Wildman–Crippen MR) is 76.3 cm³/mol. The van der Waals surface area contributed by atoms with Crippen LogP contribution in [0.4, 0.5) is 5.69 Å². The molecule has 0 aliphatic carbocycles. The second-order valence-electron chi connectivity index (χ2n) is 5.00. The van der Waals surface area contributed by atoms with Crippen LogP contribution in [0.15, 0.2) is 18.3 Å². The molecule has 3 N–H and O–H groups in total. The Kier molecular flexibility index (Phi) is 4.74. The Morgan fingerprint density at radius 3 is 3.21 bits per heavy atom. The summed E-state index contributed by atoms with van der Waals surface area (Å²) in [5.74, 6) is -0.473. The Labute approximate surface area is 114 Å². The third-order valence-corrected chi connectivity index (χ3v) is 3.47. The molecule has 1 amide bonds. The van der Waals surface area contributed by atoms with Crippen molar-refractivity contribution < 1.29 is 4.79 Å². The Morgan fingerprint density at radius 1 is 1.63 bits per heavy atom. The van der Waals surface area contributed by atoms with Crippen molar-refractivity contribution in [3.63, 3.8) is 0 Å². The van der Waals surface area contributed by atoms with Crippen molar-refractivity contribution in [3.8, 4) is 0 Å². The van der Waals surface area contributed by atoms with Crippen LogP contribution in [0.25, 0.3) is 0 Å². The topological polar surface area (TPSA) is 71.2 Å². The Bertz CT molecular complexity index is 435. The van der Waals surface area contributed by atoms with Crippen molar-refractivity contribution in [1.82, 2.24) is 10.3 Å². The van der Waals surface area contributed by atoms with Crippen molar-refractivity contribution >= 4 is 11.6 Å². The molecule has 2 heterocycles. The molecule has 0 bridgehead atoms. The lowest BCUT2D eigenvalue weighted by molar-refractivity contribution is 0.0995. The van der Waals surface area contributed by atoms with Crippen LogP contribution in [0.2, 0.25) is 0 Å². The number of anilines is 1. The first-order valence-electron chi connectivity index (χ1n) is 6.95. The number of nitrogens with zero attached hydrogens (tertiary/aromatic N) is 2. The minimum atomic E-state index is -0.473. The van der Waals surface area contributed by atoms with E-state index in [2.05, 4.69) is 22.1 Å². The quantitative estimate of drug-likeness (QED) is 0.835. The van der Waals surface area contributed by atoms with Gasteiger partial charge in [-0.15, -0.1) is 0 Å². The van der Waals surface area contributed by atoms with Gasteiger partial charge >= 0.3 is 0 Å². The number of rotatable bonds is 5. The molecule has 19 heavy (non-hydrogen) atoms. The van der Waals surface area contributed by atoms with Gasteiger partial charge in [-0.3, -0.25) is 9.78 Å². The lowest BCUT2D eigenvalue weighted by Gasteiger charge is -2.35. The number of piperidine rings is 1. The summed E-state index contributed by atoms with van der Waals surface area (Å²) in [5.41, 5.74) is 6.64. The monoisotopic (exact) mass is 262 g/mol. The van der Waals surface area contributed by atoms with Crippen LogP contribution in [0.5, 0.6) is 0 Å². The fourth-order valence-corrected chi connectivity index (χ4v) is 2.48. The normalized spacial score (nSPS) is 19.4. The maximum atomic E-state index is 11.2. The van der Waals surface area contributed by atoms with E-state index in [9.17, 15) is 4.79 Å². The van der Waals surface area contributed by atoms with E-state index in [1.54, 1.807) is 12.3 Å². The Hall–Kier alpha value is -1.62. The van der Waals surface area contributed by atoms with Crippen molar-refractivity contribution in [2.75, 3.05) is 24.5 Å². The summed E-state index contributed by atoms with van der Waals surface area (Å²) < 4.78 is 0. The van der Waals surface area contributed by atoms with E-state index in [1.165, 1.54) is 6.42 Å². The molecular formula is C14H22N4O. The molecule has 5 heteroatoms. The van der Waals surface area contributed by atoms with Gasteiger partial charge in [-0.1, -0.05) is 6.92 Å². The van der Waals surface area contributed by atoms with Gasteiger partial charge in [0.25, 0.3) is 5.91 Å². The fourth-order valence-electron chi connectivity index (χ4n) is 2.48. The number of carbonyl (C=O) groups excluding carboxylic acids is 1. The van der Waals surface area contributed by atoms with E-state index in [0.717, 1.165) is 38.2 Å². The fraction of sp³-hybridized carbons (Fsp3) is 0.571. The molecule has 1 atom stereocenters. The van der Waals surface area contributed by atoms with Gasteiger partial charge < -0.3 is 16.0 Å². The molecule has 1 saturated heterocycles. The van der Waals surface area contributed by atoms with Crippen molar-refractivity contribution in [1.29, 1.82) is 0 Å². The highest BCUT2D eigenvalue weighted by molar-refractivity contribution is 5.91. The average molecular weight is 262 g/mol. The maximum absolute atomic E-state index is 11.2. The highest BCUT2D eigenvalue weighted by atomic mass is 16.1. The number of nitrogens with one attached hydrogen (secondary N) is 1. The maximum Gasteiger partial charge on any atom is 0.267 e. The number of hydrogen-bond acceptors (Lipinski definition) is 4. The average Bonchev–Trinajstić information content (AvgIpc) is 2.45. The van der Waals surface area contributed by atoms with Crippen molar-refractivity contribution in [2.45, 2.75) is 32.2 Å². The number of primary amides is 1. The van der Waals surface area contributed by atoms with Crippen LogP contribution in [-0.4, -0.2) is 36.6 Å². The first kappa shape index (κ1) is 13.8. The molecule has 1 aliphatic heterocycles. The van der Waals surface area contributed by atoms with Gasteiger partial charge in [0.15, 0.2) is 0 Å².